The van der Waals surface area contributed by atoms with Crippen LogP contribution in [-0.2, 0) is 9.53 Å². The van der Waals surface area contributed by atoms with Crippen molar-refractivity contribution in [1.82, 2.24) is 0 Å². The van der Waals surface area contributed by atoms with Crippen LogP contribution in [0.2, 0.25) is 0 Å². The smallest absolute Gasteiger partial charge is 0.317 e. The molecule has 5 rings (SSSR count). The topological polar surface area (TPSA) is 26.3 Å². The van der Waals surface area contributed by atoms with E-state index in [-0.39, 0.29) is 11.4 Å². The van der Waals surface area contributed by atoms with Crippen molar-refractivity contribution in [1.29, 1.82) is 0 Å². The summed E-state index contributed by atoms with van der Waals surface area (Å²) < 4.78 is 5.25. The molecule has 4 saturated carbocycles. The average Bonchev–Trinajstić information content (AvgIpc) is 2.10. The van der Waals surface area contributed by atoms with Crippen LogP contribution < -0.4 is 0 Å². The van der Waals surface area contributed by atoms with Crippen molar-refractivity contribution < 1.29 is 9.53 Å². The van der Waals surface area contributed by atoms with Crippen molar-refractivity contribution in [3.05, 3.63) is 6.10 Å². The average molecular weight is 177 g/mol. The summed E-state index contributed by atoms with van der Waals surface area (Å²) in [6.07, 6.45) is 7.42. The summed E-state index contributed by atoms with van der Waals surface area (Å²) in [5.41, 5.74) is -0.0469. The quantitative estimate of drug-likeness (QED) is 0.528. The first-order chi connectivity index (χ1) is 6.28. The molecule has 0 amide bonds. The summed E-state index contributed by atoms with van der Waals surface area (Å²) in [5, 5.41) is 0. The van der Waals surface area contributed by atoms with Gasteiger partial charge in [-0.15, -0.1) is 0 Å². The fourth-order valence-electron chi connectivity index (χ4n) is 4.37. The highest BCUT2D eigenvalue weighted by Gasteiger charge is 2.69. The van der Waals surface area contributed by atoms with Gasteiger partial charge in [-0.05, 0) is 43.9 Å². The van der Waals surface area contributed by atoms with Gasteiger partial charge < -0.3 is 4.74 Å². The second-order valence-electron chi connectivity index (χ2n) is 5.38. The van der Waals surface area contributed by atoms with Crippen LogP contribution in [0.15, 0.2) is 0 Å². The Labute approximate surface area is 77.6 Å². The molecule has 2 nitrogen and oxygen atoms in total. The van der Waals surface area contributed by atoms with Gasteiger partial charge >= 0.3 is 5.97 Å². The summed E-state index contributed by atoms with van der Waals surface area (Å²) in [7, 11) is 0. The molecular weight excluding hydrogens is 164 g/mol. The summed E-state index contributed by atoms with van der Waals surface area (Å²) in [6.45, 7) is 0. The second-order valence-corrected chi connectivity index (χ2v) is 5.38. The van der Waals surface area contributed by atoms with Crippen molar-refractivity contribution in [2.75, 3.05) is 0 Å². The summed E-state index contributed by atoms with van der Waals surface area (Å²) >= 11 is 0. The van der Waals surface area contributed by atoms with Crippen LogP contribution in [0.1, 0.15) is 32.1 Å². The lowest BCUT2D eigenvalue weighted by Gasteiger charge is -2.63. The van der Waals surface area contributed by atoms with Gasteiger partial charge in [0.15, 0.2) is 6.10 Å². The first-order valence-electron chi connectivity index (χ1n) is 5.37. The van der Waals surface area contributed by atoms with Crippen molar-refractivity contribution >= 4 is 5.97 Å². The van der Waals surface area contributed by atoms with Crippen LogP contribution in [0.3, 0.4) is 0 Å². The number of esters is 1. The normalized spacial score (nSPS) is 57.2. The van der Waals surface area contributed by atoms with Crippen LogP contribution in [0.4, 0.5) is 0 Å². The zero-order valence-corrected chi connectivity index (χ0v) is 7.58. The van der Waals surface area contributed by atoms with E-state index in [9.17, 15) is 4.79 Å². The molecule has 0 N–H and O–H groups in total. The highest BCUT2D eigenvalue weighted by Crippen LogP contribution is 2.68. The molecule has 69 valence electrons. The van der Waals surface area contributed by atoms with Gasteiger partial charge in [-0.3, -0.25) is 4.79 Å². The van der Waals surface area contributed by atoms with E-state index < -0.39 is 0 Å². The third-order valence-electron chi connectivity index (χ3n) is 4.61. The Hall–Kier alpha value is -0.530. The fourth-order valence-corrected chi connectivity index (χ4v) is 4.37. The lowest BCUT2D eigenvalue weighted by atomic mass is 9.46. The number of hydrogen-bond acceptors (Lipinski definition) is 2. The van der Waals surface area contributed by atoms with Gasteiger partial charge in [0.1, 0.15) is 5.41 Å². The first-order valence-corrected chi connectivity index (χ1v) is 5.37. The zero-order valence-electron chi connectivity index (χ0n) is 7.58. The molecule has 1 spiro atoms. The number of carbonyl (C=O) groups excluding carboxylic acids is 1. The molecule has 1 aliphatic heterocycles. The van der Waals surface area contributed by atoms with Crippen molar-refractivity contribution in [2.45, 2.75) is 32.1 Å². The second kappa shape index (κ2) is 1.79. The highest BCUT2D eigenvalue weighted by molar-refractivity contribution is 5.87. The predicted molar refractivity (Wildman–Crippen MR) is 45.3 cm³/mol. The first kappa shape index (κ1) is 6.86. The van der Waals surface area contributed by atoms with E-state index in [2.05, 4.69) is 0 Å². The Kier molecular flexibility index (Phi) is 0.946. The van der Waals surface area contributed by atoms with Crippen LogP contribution in [0.5, 0.6) is 0 Å². The third kappa shape index (κ3) is 0.598. The third-order valence-corrected chi connectivity index (χ3v) is 4.61. The van der Waals surface area contributed by atoms with E-state index in [0.717, 1.165) is 24.7 Å². The van der Waals surface area contributed by atoms with E-state index in [1.165, 1.54) is 25.4 Å². The van der Waals surface area contributed by atoms with E-state index in [1.807, 2.05) is 0 Å². The molecule has 5 aliphatic rings. The van der Waals surface area contributed by atoms with E-state index in [4.69, 9.17) is 4.74 Å². The molecular formula is C11H13O2. The highest BCUT2D eigenvalue weighted by atomic mass is 16.6. The van der Waals surface area contributed by atoms with Crippen LogP contribution in [0, 0.1) is 29.3 Å². The van der Waals surface area contributed by atoms with E-state index >= 15 is 0 Å². The van der Waals surface area contributed by atoms with Gasteiger partial charge in [-0.1, -0.05) is 0 Å². The Morgan fingerprint density at radius 1 is 1.15 bits per heavy atom. The molecule has 1 radical (unpaired) electrons. The van der Waals surface area contributed by atoms with Crippen molar-refractivity contribution in [3.8, 4) is 0 Å². The molecule has 13 heavy (non-hydrogen) atoms. The standard InChI is InChI=1S/C11H13O2/c12-10-11-4-6-1-7(5-11)3-8(2-6)9(11)13-10/h6-8H,1-5H2. The molecule has 4 bridgehead atoms. The maximum Gasteiger partial charge on any atom is 0.317 e. The maximum absolute atomic E-state index is 11.5. The summed E-state index contributed by atoms with van der Waals surface area (Å²) in [5.74, 6) is 2.44. The van der Waals surface area contributed by atoms with Gasteiger partial charge in [0.25, 0.3) is 0 Å². The van der Waals surface area contributed by atoms with Crippen molar-refractivity contribution in [3.63, 3.8) is 0 Å². The number of ether oxygens (including phenoxy) is 1. The van der Waals surface area contributed by atoms with Crippen LogP contribution in [0.25, 0.3) is 0 Å². The predicted octanol–water partition coefficient (Wildman–Crippen LogP) is 1.90. The molecule has 2 heteroatoms. The Morgan fingerprint density at radius 2 is 1.85 bits per heavy atom. The lowest BCUT2D eigenvalue weighted by Crippen LogP contribution is -2.63. The molecule has 1 heterocycles. The maximum atomic E-state index is 11.5. The summed E-state index contributed by atoms with van der Waals surface area (Å²) in [6, 6.07) is 0. The molecule has 0 aromatic heterocycles. The number of hydrogen-bond donors (Lipinski definition) is 0. The number of rotatable bonds is 0. The SMILES string of the molecule is O=C1O[C]2C3CC4CC(C3)CC21C4. The monoisotopic (exact) mass is 177 g/mol. The van der Waals surface area contributed by atoms with Gasteiger partial charge in [-0.25, -0.2) is 0 Å². The van der Waals surface area contributed by atoms with Crippen LogP contribution in [-0.4, -0.2) is 5.97 Å². The Morgan fingerprint density at radius 3 is 2.46 bits per heavy atom. The Balaban J connectivity index is 1.82. The van der Waals surface area contributed by atoms with Crippen molar-refractivity contribution in [2.24, 2.45) is 23.2 Å². The van der Waals surface area contributed by atoms with E-state index in [1.54, 1.807) is 0 Å². The van der Waals surface area contributed by atoms with Gasteiger partial charge in [0.2, 0.25) is 0 Å². The minimum Gasteiger partial charge on any atom is -0.453 e. The van der Waals surface area contributed by atoms with E-state index in [0.29, 0.717) is 5.92 Å². The fraction of sp³-hybridized carbons (Fsp3) is 0.818. The van der Waals surface area contributed by atoms with Crippen LogP contribution >= 0.6 is 0 Å². The molecule has 0 aromatic rings. The Bertz CT molecular complexity index is 282. The van der Waals surface area contributed by atoms with Gasteiger partial charge in [0, 0.05) is 5.92 Å². The number of carbonyl (C=O) groups is 1. The summed E-state index contributed by atoms with van der Waals surface area (Å²) in [4.78, 5) is 11.5. The molecule has 1 saturated heterocycles. The zero-order chi connectivity index (χ0) is 8.63. The van der Waals surface area contributed by atoms with Gasteiger partial charge in [0.05, 0.1) is 0 Å². The molecule has 2 unspecified atom stereocenters. The molecule has 4 aliphatic carbocycles. The minimum atomic E-state index is -0.0469. The molecule has 2 atom stereocenters. The minimum absolute atomic E-state index is 0.0469. The van der Waals surface area contributed by atoms with Gasteiger partial charge in [-0.2, -0.15) is 0 Å². The largest absolute Gasteiger partial charge is 0.453 e. The molecule has 0 aromatic carbocycles. The molecule has 5 fully saturated rings. The lowest BCUT2D eigenvalue weighted by molar-refractivity contribution is -0.219.